The predicted molar refractivity (Wildman–Crippen MR) is 163 cm³/mol. The Kier molecular flexibility index (Phi) is 19.7. The van der Waals surface area contributed by atoms with Gasteiger partial charge in [0.15, 0.2) is 6.10 Å². The highest BCUT2D eigenvalue weighted by atomic mass is 16.6. The fourth-order valence-electron chi connectivity index (χ4n) is 4.13. The number of hydrogen-bond donors (Lipinski definition) is 2. The highest BCUT2D eigenvalue weighted by Crippen LogP contribution is 2.29. The molecule has 0 bridgehead atoms. The van der Waals surface area contributed by atoms with Crippen molar-refractivity contribution < 1.29 is 52.7 Å². The number of rotatable bonds is 22. The van der Waals surface area contributed by atoms with Crippen LogP contribution < -0.4 is 5.32 Å². The van der Waals surface area contributed by atoms with Crippen molar-refractivity contribution >= 4 is 24.0 Å². The normalized spacial score (nSPS) is 17.5. The molecule has 0 spiro atoms. The minimum absolute atomic E-state index is 0.0713. The topological polar surface area (TPSA) is 156 Å². The van der Waals surface area contributed by atoms with Gasteiger partial charge >= 0.3 is 24.0 Å². The number of carbonyl (C=O) groups is 4. The molecular weight excluding hydrogens is 574 g/mol. The Morgan fingerprint density at radius 3 is 1.75 bits per heavy atom. The zero-order chi connectivity index (χ0) is 32.9. The molecule has 2 unspecified atom stereocenters. The zero-order valence-corrected chi connectivity index (χ0v) is 26.6. The van der Waals surface area contributed by atoms with Gasteiger partial charge in [-0.05, 0) is 77.6 Å². The second-order valence-corrected chi connectivity index (χ2v) is 11.3. The first-order chi connectivity index (χ1) is 20.9. The van der Waals surface area contributed by atoms with Crippen LogP contribution in [0.1, 0.15) is 65.7 Å². The molecule has 250 valence electrons. The molecule has 0 saturated heterocycles. The van der Waals surface area contributed by atoms with Crippen LogP contribution in [0.25, 0.3) is 0 Å². The van der Waals surface area contributed by atoms with E-state index < -0.39 is 36.2 Å². The Balaban J connectivity index is 2.31. The number of unbranched alkanes of at least 4 members (excludes halogenated alkanes) is 2. The molecule has 0 aliphatic heterocycles. The third-order valence-electron chi connectivity index (χ3n) is 6.74. The van der Waals surface area contributed by atoms with Crippen LogP contribution in [0.5, 0.6) is 0 Å². The van der Waals surface area contributed by atoms with Crippen molar-refractivity contribution in [1.29, 1.82) is 0 Å². The molecule has 1 rings (SSSR count). The molecule has 1 fully saturated rings. The van der Waals surface area contributed by atoms with Gasteiger partial charge in [-0.2, -0.15) is 0 Å². The van der Waals surface area contributed by atoms with Crippen molar-refractivity contribution in [2.45, 2.75) is 77.9 Å². The van der Waals surface area contributed by atoms with Crippen LogP contribution in [0.4, 0.5) is 4.79 Å². The van der Waals surface area contributed by atoms with Crippen molar-refractivity contribution in [3.05, 3.63) is 36.5 Å². The van der Waals surface area contributed by atoms with Crippen LogP contribution >= 0.6 is 0 Å². The number of esters is 3. The van der Waals surface area contributed by atoms with Gasteiger partial charge in [-0.25, -0.2) is 19.2 Å². The summed E-state index contributed by atoms with van der Waals surface area (Å²) in [6.07, 6.45) is 3.54. The maximum absolute atomic E-state index is 12.3. The maximum Gasteiger partial charge on any atom is 0.407 e. The molecule has 12 nitrogen and oxygen atoms in total. The number of ether oxygens (including phenoxy) is 6. The van der Waals surface area contributed by atoms with E-state index in [0.717, 1.165) is 32.1 Å². The van der Waals surface area contributed by atoms with Gasteiger partial charge < -0.3 is 38.8 Å². The van der Waals surface area contributed by atoms with Gasteiger partial charge in [0, 0.05) is 36.5 Å². The van der Waals surface area contributed by atoms with E-state index in [1.165, 1.54) is 6.92 Å². The van der Waals surface area contributed by atoms with Crippen LogP contribution in [-0.4, -0.2) is 94.1 Å². The zero-order valence-electron chi connectivity index (χ0n) is 26.6. The van der Waals surface area contributed by atoms with Crippen LogP contribution in [0.2, 0.25) is 0 Å². The number of carbonyl (C=O) groups excluding carboxylic acids is 4. The van der Waals surface area contributed by atoms with Crippen LogP contribution in [0.3, 0.4) is 0 Å². The summed E-state index contributed by atoms with van der Waals surface area (Å²) in [5.74, 6) is -0.834. The third-order valence-corrected chi connectivity index (χ3v) is 6.74. The summed E-state index contributed by atoms with van der Waals surface area (Å²) in [6.45, 7) is 16.8. The van der Waals surface area contributed by atoms with Gasteiger partial charge in [-0.15, -0.1) is 0 Å². The third kappa shape index (κ3) is 18.4. The van der Waals surface area contributed by atoms with Crippen LogP contribution in [0.15, 0.2) is 36.5 Å². The Hall–Kier alpha value is -3.22. The van der Waals surface area contributed by atoms with Crippen molar-refractivity contribution in [3.8, 4) is 0 Å². The molecule has 2 N–H and O–H groups in total. The van der Waals surface area contributed by atoms with Gasteiger partial charge in [0.05, 0.1) is 19.8 Å². The Morgan fingerprint density at radius 1 is 0.705 bits per heavy atom. The molecule has 0 aromatic heterocycles. The summed E-state index contributed by atoms with van der Waals surface area (Å²) in [6, 6.07) is 0. The molecule has 0 heterocycles. The molecule has 1 aliphatic rings. The van der Waals surface area contributed by atoms with Crippen molar-refractivity contribution in [2.24, 2.45) is 11.8 Å². The molecular formula is C32H51NO11. The number of aliphatic hydroxyl groups excluding tert-OH is 1. The lowest BCUT2D eigenvalue weighted by Crippen LogP contribution is -2.35. The first-order valence-electron chi connectivity index (χ1n) is 15.1. The van der Waals surface area contributed by atoms with Gasteiger partial charge in [-0.3, -0.25) is 0 Å². The van der Waals surface area contributed by atoms with Crippen molar-refractivity contribution in [2.75, 3.05) is 52.8 Å². The average molecular weight is 626 g/mol. The van der Waals surface area contributed by atoms with Gasteiger partial charge in [-0.1, -0.05) is 19.7 Å². The smallest absolute Gasteiger partial charge is 0.407 e. The monoisotopic (exact) mass is 625 g/mol. The number of alkyl carbamates (subject to hydrolysis) is 1. The molecule has 2 atom stereocenters. The SMILES string of the molecule is C=C(C)C(=O)OCCCCCNC(=O)OC(COCC1CCC(COCC(O)COC(=O)C(=C)C)CC1)COC(=O)C(=C)C. The van der Waals surface area contributed by atoms with E-state index in [2.05, 4.69) is 25.1 Å². The summed E-state index contributed by atoms with van der Waals surface area (Å²) < 4.78 is 32.1. The Morgan fingerprint density at radius 2 is 1.20 bits per heavy atom. The molecule has 0 aromatic carbocycles. The predicted octanol–water partition coefficient (Wildman–Crippen LogP) is 3.81. The van der Waals surface area contributed by atoms with E-state index in [1.807, 2.05) is 0 Å². The quantitative estimate of drug-likeness (QED) is 0.0781. The first-order valence-corrected chi connectivity index (χ1v) is 15.1. The molecule has 0 radical (unpaired) electrons. The van der Waals surface area contributed by atoms with Crippen LogP contribution in [0, 0.1) is 11.8 Å². The summed E-state index contributed by atoms with van der Waals surface area (Å²) in [5, 5.41) is 12.6. The lowest BCUT2D eigenvalue weighted by molar-refractivity contribution is -0.144. The van der Waals surface area contributed by atoms with E-state index in [1.54, 1.807) is 13.8 Å². The largest absolute Gasteiger partial charge is 0.462 e. The molecule has 44 heavy (non-hydrogen) atoms. The van der Waals surface area contributed by atoms with E-state index in [9.17, 15) is 24.3 Å². The van der Waals surface area contributed by atoms with Crippen LogP contribution in [-0.2, 0) is 42.8 Å². The van der Waals surface area contributed by atoms with E-state index >= 15 is 0 Å². The molecule has 12 heteroatoms. The maximum atomic E-state index is 12.3. The number of nitrogens with one attached hydrogen (secondary N) is 1. The van der Waals surface area contributed by atoms with Gasteiger partial charge in [0.1, 0.15) is 19.3 Å². The van der Waals surface area contributed by atoms with E-state index in [-0.39, 0.29) is 37.6 Å². The average Bonchev–Trinajstić information content (AvgIpc) is 2.98. The second-order valence-electron chi connectivity index (χ2n) is 11.3. The lowest BCUT2D eigenvalue weighted by Gasteiger charge is -2.29. The minimum Gasteiger partial charge on any atom is -0.462 e. The standard InChI is InChI=1S/C32H51NO11/c1-22(2)29(35)41-15-9-7-8-14-33-32(38)44-28(21-43-31(37)24(5)6)20-40-17-26-12-10-25(11-13-26)16-39-18-27(34)19-42-30(36)23(3)4/h25-28,34H,1,3,5,7-21H2,2,4,6H3,(H,33,38). The molecule has 1 amide bonds. The molecule has 0 aromatic rings. The summed E-state index contributed by atoms with van der Waals surface area (Å²) >= 11 is 0. The molecule has 1 saturated carbocycles. The number of amides is 1. The highest BCUT2D eigenvalue weighted by Gasteiger charge is 2.24. The highest BCUT2D eigenvalue weighted by molar-refractivity contribution is 5.87. The summed E-state index contributed by atoms with van der Waals surface area (Å²) in [4.78, 5) is 47.0. The van der Waals surface area contributed by atoms with Crippen molar-refractivity contribution in [3.63, 3.8) is 0 Å². The first kappa shape index (κ1) is 38.8. The molecule has 1 aliphatic carbocycles. The van der Waals surface area contributed by atoms with E-state index in [4.69, 9.17) is 28.4 Å². The number of hydrogen-bond acceptors (Lipinski definition) is 11. The number of aliphatic hydroxyl groups is 1. The lowest BCUT2D eigenvalue weighted by atomic mass is 9.83. The van der Waals surface area contributed by atoms with Gasteiger partial charge in [0.25, 0.3) is 0 Å². The summed E-state index contributed by atoms with van der Waals surface area (Å²) in [7, 11) is 0. The second kappa shape index (κ2) is 22.3. The van der Waals surface area contributed by atoms with Crippen molar-refractivity contribution in [1.82, 2.24) is 5.32 Å². The minimum atomic E-state index is -0.889. The van der Waals surface area contributed by atoms with Gasteiger partial charge in [0.2, 0.25) is 0 Å². The fourth-order valence-corrected chi connectivity index (χ4v) is 4.13. The summed E-state index contributed by atoms with van der Waals surface area (Å²) in [5.41, 5.74) is 0.871. The Labute approximate surface area is 261 Å². The van der Waals surface area contributed by atoms with E-state index in [0.29, 0.717) is 56.6 Å². The fraction of sp³-hybridized carbons (Fsp3) is 0.688. The Bertz CT molecular complexity index is 956.